The lowest BCUT2D eigenvalue weighted by molar-refractivity contribution is -0.568. The first-order chi connectivity index (χ1) is 12.3. The summed E-state index contributed by atoms with van der Waals surface area (Å²) in [6.07, 6.45) is 6.22. The summed E-state index contributed by atoms with van der Waals surface area (Å²) in [4.78, 5) is 11.9. The fourth-order valence-corrected chi connectivity index (χ4v) is 3.28. The fourth-order valence-electron chi connectivity index (χ4n) is 3.28. The third-order valence-corrected chi connectivity index (χ3v) is 4.82. The quantitative estimate of drug-likeness (QED) is 0.399. The zero-order valence-electron chi connectivity index (χ0n) is 16.5. The zero-order valence-corrected chi connectivity index (χ0v) is 16.5. The van der Waals surface area contributed by atoms with Crippen LogP contribution >= 0.6 is 0 Å². The highest BCUT2D eigenvalue weighted by molar-refractivity contribution is 5.75. The second-order valence-electron chi connectivity index (χ2n) is 8.43. The summed E-state index contributed by atoms with van der Waals surface area (Å²) < 4.78 is 11.4. The number of rotatable bonds is 8. The summed E-state index contributed by atoms with van der Waals surface area (Å²) in [7, 11) is 0. The van der Waals surface area contributed by atoms with E-state index in [-0.39, 0.29) is 12.1 Å². The molecular weight excluding hydrogens is 328 g/mol. The highest BCUT2D eigenvalue weighted by Gasteiger charge is 2.26. The molecule has 0 unspecified atom stereocenters. The van der Waals surface area contributed by atoms with Crippen molar-refractivity contribution in [2.45, 2.75) is 84.0 Å². The van der Waals surface area contributed by atoms with E-state index in [2.05, 4.69) is 12.1 Å². The summed E-state index contributed by atoms with van der Waals surface area (Å²) in [5.74, 6) is -1.44. The summed E-state index contributed by atoms with van der Waals surface area (Å²) in [6, 6.07) is 10.1. The van der Waals surface area contributed by atoms with Crippen molar-refractivity contribution in [2.24, 2.45) is 5.41 Å². The van der Waals surface area contributed by atoms with Gasteiger partial charge in [-0.25, -0.2) is 0 Å². The van der Waals surface area contributed by atoms with Crippen molar-refractivity contribution < 1.29 is 19.4 Å². The van der Waals surface area contributed by atoms with Crippen molar-refractivity contribution in [1.82, 2.24) is 0 Å². The van der Waals surface area contributed by atoms with Gasteiger partial charge in [-0.15, -0.1) is 0 Å². The molecule has 0 N–H and O–H groups in total. The van der Waals surface area contributed by atoms with Gasteiger partial charge in [0.1, 0.15) is 0 Å². The number of carbonyl (C=O) groups excluding carboxylic acids is 1. The normalized spacial score (nSPS) is 18.3. The maximum atomic E-state index is 12.9. The maximum Gasteiger partial charge on any atom is 0.311 e. The highest BCUT2D eigenvalue weighted by atomic mass is 16.6. The average Bonchev–Trinajstić information content (AvgIpc) is 2.58. The van der Waals surface area contributed by atoms with E-state index in [1.165, 1.54) is 5.56 Å². The molecule has 2 rings (SSSR count). The van der Waals surface area contributed by atoms with Gasteiger partial charge < -0.3 is 14.6 Å². The molecule has 146 valence electrons. The van der Waals surface area contributed by atoms with E-state index >= 15 is 0 Å². The molecule has 0 heterocycles. The van der Waals surface area contributed by atoms with Crippen LogP contribution in [0.1, 0.15) is 71.3 Å². The Hall–Kier alpha value is -1.39. The molecule has 1 atom stereocenters. The Bertz CT molecular complexity index is 541. The lowest BCUT2D eigenvalue weighted by Gasteiger charge is -2.46. The summed E-state index contributed by atoms with van der Waals surface area (Å²) in [5, 5.41) is 12.9. The van der Waals surface area contributed by atoms with Crippen LogP contribution in [0.4, 0.5) is 0 Å². The van der Waals surface area contributed by atoms with E-state index in [1.807, 2.05) is 39.0 Å². The number of esters is 1. The molecule has 1 aromatic rings. The molecule has 1 aliphatic rings. The zero-order chi connectivity index (χ0) is 19.0. The molecule has 1 fully saturated rings. The SMILES string of the molecule is CC(C)(C)C(=O)OCCC[C@@H](Cc1ccccc1)OC1([O-])CCCCC1. The second kappa shape index (κ2) is 9.52. The van der Waals surface area contributed by atoms with E-state index in [0.29, 0.717) is 25.9 Å². The Morgan fingerprint density at radius 1 is 1.15 bits per heavy atom. The van der Waals surface area contributed by atoms with Gasteiger partial charge in [0, 0.05) is 0 Å². The predicted molar refractivity (Wildman–Crippen MR) is 100 cm³/mol. The van der Waals surface area contributed by atoms with E-state index in [4.69, 9.17) is 9.47 Å². The van der Waals surface area contributed by atoms with Crippen molar-refractivity contribution in [1.29, 1.82) is 0 Å². The van der Waals surface area contributed by atoms with Crippen LogP contribution in [-0.4, -0.2) is 24.5 Å². The minimum atomic E-state index is -1.25. The molecule has 0 saturated heterocycles. The second-order valence-corrected chi connectivity index (χ2v) is 8.43. The van der Waals surface area contributed by atoms with Gasteiger partial charge in [-0.1, -0.05) is 49.6 Å². The van der Waals surface area contributed by atoms with Crippen molar-refractivity contribution >= 4 is 5.97 Å². The number of ether oxygens (including phenoxy) is 2. The lowest BCUT2D eigenvalue weighted by atomic mass is 9.93. The highest BCUT2D eigenvalue weighted by Crippen LogP contribution is 2.29. The molecule has 0 amide bonds. The van der Waals surface area contributed by atoms with Crippen LogP contribution in [0.25, 0.3) is 0 Å². The van der Waals surface area contributed by atoms with E-state index in [1.54, 1.807) is 0 Å². The Morgan fingerprint density at radius 3 is 2.42 bits per heavy atom. The molecule has 4 nitrogen and oxygen atoms in total. The molecule has 1 aromatic carbocycles. The Kier molecular flexibility index (Phi) is 7.66. The van der Waals surface area contributed by atoms with Gasteiger partial charge in [-0.05, 0) is 64.2 Å². The number of hydrogen-bond acceptors (Lipinski definition) is 4. The summed E-state index contributed by atoms with van der Waals surface area (Å²) in [6.45, 7) is 5.92. The lowest BCUT2D eigenvalue weighted by Crippen LogP contribution is -2.50. The number of benzene rings is 1. The molecule has 1 aliphatic carbocycles. The topological polar surface area (TPSA) is 58.6 Å². The van der Waals surface area contributed by atoms with Crippen LogP contribution in [0.3, 0.4) is 0 Å². The number of carbonyl (C=O) groups is 1. The van der Waals surface area contributed by atoms with E-state index in [0.717, 1.165) is 32.1 Å². The standard InChI is InChI=1S/C22H33O4/c1-21(2,3)20(23)25-16-10-13-19(17-18-11-6-4-7-12-18)26-22(24)14-8-5-9-15-22/h4,6-7,11-12,19H,5,8-10,13-17H2,1-3H3/q-1/t19-/m0/s1. The van der Waals surface area contributed by atoms with Gasteiger partial charge in [0.15, 0.2) is 0 Å². The van der Waals surface area contributed by atoms with Gasteiger partial charge in [0.2, 0.25) is 0 Å². The monoisotopic (exact) mass is 361 g/mol. The largest absolute Gasteiger partial charge is 0.828 e. The number of hydrogen-bond donors (Lipinski definition) is 0. The van der Waals surface area contributed by atoms with Crippen molar-refractivity contribution in [3.05, 3.63) is 35.9 Å². The van der Waals surface area contributed by atoms with Crippen LogP contribution in [0, 0.1) is 5.41 Å². The van der Waals surface area contributed by atoms with Crippen LogP contribution in [0.2, 0.25) is 0 Å². The maximum absolute atomic E-state index is 12.9. The summed E-state index contributed by atoms with van der Waals surface area (Å²) in [5.41, 5.74) is 0.685. The Balaban J connectivity index is 1.89. The smallest absolute Gasteiger partial charge is 0.311 e. The minimum absolute atomic E-state index is 0.138. The van der Waals surface area contributed by atoms with Crippen LogP contribution in [0.5, 0.6) is 0 Å². The molecule has 0 spiro atoms. The van der Waals surface area contributed by atoms with E-state index in [9.17, 15) is 9.90 Å². The molecule has 1 saturated carbocycles. The van der Waals surface area contributed by atoms with Gasteiger partial charge in [0.05, 0.1) is 18.1 Å². The molecule has 0 radical (unpaired) electrons. The van der Waals surface area contributed by atoms with Gasteiger partial charge in [-0.2, -0.15) is 0 Å². The van der Waals surface area contributed by atoms with Gasteiger partial charge >= 0.3 is 5.97 Å². The van der Waals surface area contributed by atoms with Crippen LogP contribution < -0.4 is 5.11 Å². The van der Waals surface area contributed by atoms with E-state index < -0.39 is 11.2 Å². The first-order valence-corrected chi connectivity index (χ1v) is 9.88. The van der Waals surface area contributed by atoms with Crippen LogP contribution in [-0.2, 0) is 20.7 Å². The van der Waals surface area contributed by atoms with Crippen LogP contribution in [0.15, 0.2) is 30.3 Å². The van der Waals surface area contributed by atoms with Gasteiger partial charge in [0.25, 0.3) is 0 Å². The van der Waals surface area contributed by atoms with Crippen molar-refractivity contribution in [3.63, 3.8) is 0 Å². The average molecular weight is 362 g/mol. The molecule has 4 heteroatoms. The first-order valence-electron chi connectivity index (χ1n) is 9.88. The first kappa shape index (κ1) is 20.9. The molecule has 0 aromatic heterocycles. The molecule has 26 heavy (non-hydrogen) atoms. The van der Waals surface area contributed by atoms with Crippen molar-refractivity contribution in [3.8, 4) is 0 Å². The van der Waals surface area contributed by atoms with Gasteiger partial charge in [-0.3, -0.25) is 4.79 Å². The predicted octanol–water partition coefficient (Wildman–Crippen LogP) is 4.00. The Morgan fingerprint density at radius 2 is 1.81 bits per heavy atom. The molecule has 0 aliphatic heterocycles. The minimum Gasteiger partial charge on any atom is -0.828 e. The summed E-state index contributed by atoms with van der Waals surface area (Å²) >= 11 is 0. The fraction of sp³-hybridized carbons (Fsp3) is 0.682. The molecular formula is C22H33O4-. The Labute approximate surface area is 157 Å². The third kappa shape index (κ3) is 7.08. The molecule has 0 bridgehead atoms. The third-order valence-electron chi connectivity index (χ3n) is 4.82. The van der Waals surface area contributed by atoms with Crippen molar-refractivity contribution in [2.75, 3.05) is 6.61 Å².